The Balaban J connectivity index is 1.27. The minimum atomic E-state index is -0.412. The van der Waals surface area contributed by atoms with Crippen LogP contribution in [0.25, 0.3) is 28.2 Å². The van der Waals surface area contributed by atoms with Crippen molar-refractivity contribution in [1.29, 1.82) is 0 Å². The summed E-state index contributed by atoms with van der Waals surface area (Å²) >= 11 is 0. The Morgan fingerprint density at radius 1 is 1.11 bits per heavy atom. The first-order valence-electron chi connectivity index (χ1n) is 13.0. The summed E-state index contributed by atoms with van der Waals surface area (Å²) in [5.41, 5.74) is 2.21. The van der Waals surface area contributed by atoms with E-state index in [4.69, 9.17) is 24.3 Å². The van der Waals surface area contributed by atoms with Crippen molar-refractivity contribution in [1.82, 2.24) is 29.5 Å². The van der Waals surface area contributed by atoms with Crippen molar-refractivity contribution in [2.24, 2.45) is 0 Å². The lowest BCUT2D eigenvalue weighted by molar-refractivity contribution is -0.384. The van der Waals surface area contributed by atoms with E-state index >= 15 is 0 Å². The maximum absolute atomic E-state index is 11.5. The molecule has 3 aromatic heterocycles. The standard InChI is InChI=1S/C26H29N7O5/c34-33(35)19-7-8-21-20(15-19)25(30-32(21)23-5-1-3-12-36-23)26-27-11-9-22(29-26)31-17-18(16-28-31)10-14-38-24-6-2-4-13-37-24/h7-9,11,15-17,23-24H,1-6,10,12-14H2. The number of nitro groups is 1. The minimum absolute atomic E-state index is 0.0171. The van der Waals surface area contributed by atoms with E-state index in [-0.39, 0.29) is 18.2 Å². The first-order valence-corrected chi connectivity index (χ1v) is 13.0. The molecule has 2 aliphatic heterocycles. The highest BCUT2D eigenvalue weighted by Gasteiger charge is 2.24. The van der Waals surface area contributed by atoms with Crippen LogP contribution in [-0.4, -0.2) is 60.6 Å². The molecule has 0 N–H and O–H groups in total. The van der Waals surface area contributed by atoms with Crippen molar-refractivity contribution >= 4 is 16.6 Å². The van der Waals surface area contributed by atoms with Gasteiger partial charge in [0.05, 0.1) is 23.2 Å². The molecule has 0 bridgehead atoms. The predicted octanol–water partition coefficient (Wildman–Crippen LogP) is 4.37. The molecule has 12 heteroatoms. The second kappa shape index (κ2) is 10.9. The molecule has 0 aliphatic carbocycles. The second-order valence-corrected chi connectivity index (χ2v) is 9.52. The highest BCUT2D eigenvalue weighted by molar-refractivity contribution is 5.93. The van der Waals surface area contributed by atoms with Crippen molar-refractivity contribution < 1.29 is 19.1 Å². The summed E-state index contributed by atoms with van der Waals surface area (Å²) in [7, 11) is 0. The number of aromatic nitrogens is 6. The van der Waals surface area contributed by atoms with Crippen LogP contribution in [0, 0.1) is 10.1 Å². The van der Waals surface area contributed by atoms with Gasteiger partial charge in [0, 0.05) is 49.2 Å². The van der Waals surface area contributed by atoms with Crippen molar-refractivity contribution in [3.63, 3.8) is 0 Å². The van der Waals surface area contributed by atoms with E-state index in [1.807, 2.05) is 6.20 Å². The highest BCUT2D eigenvalue weighted by Crippen LogP contribution is 2.33. The van der Waals surface area contributed by atoms with Gasteiger partial charge >= 0.3 is 0 Å². The Kier molecular flexibility index (Phi) is 7.08. The number of fused-ring (bicyclic) bond motifs is 1. The van der Waals surface area contributed by atoms with Gasteiger partial charge in [-0.05, 0) is 56.6 Å². The fraction of sp³-hybridized carbons (Fsp3) is 0.462. The van der Waals surface area contributed by atoms with Gasteiger partial charge in [0.2, 0.25) is 0 Å². The van der Waals surface area contributed by atoms with Crippen LogP contribution in [0.5, 0.6) is 0 Å². The molecule has 12 nitrogen and oxygen atoms in total. The first-order chi connectivity index (χ1) is 18.7. The van der Waals surface area contributed by atoms with E-state index in [0.29, 0.717) is 42.4 Å². The number of hydrogen-bond acceptors (Lipinski definition) is 9. The summed E-state index contributed by atoms with van der Waals surface area (Å²) in [4.78, 5) is 20.3. The van der Waals surface area contributed by atoms with E-state index in [9.17, 15) is 10.1 Å². The van der Waals surface area contributed by atoms with E-state index in [1.54, 1.807) is 33.9 Å². The number of hydrogen-bond donors (Lipinski definition) is 0. The van der Waals surface area contributed by atoms with Crippen molar-refractivity contribution in [3.05, 3.63) is 58.5 Å². The van der Waals surface area contributed by atoms with Gasteiger partial charge in [0.25, 0.3) is 5.69 Å². The topological polar surface area (TPSA) is 132 Å². The molecule has 0 saturated carbocycles. The molecule has 0 spiro atoms. The molecule has 4 aromatic rings. The molecule has 0 radical (unpaired) electrons. The molecule has 0 amide bonds. The molecular weight excluding hydrogens is 490 g/mol. The summed E-state index contributed by atoms with van der Waals surface area (Å²) in [5, 5.41) is 21.4. The predicted molar refractivity (Wildman–Crippen MR) is 137 cm³/mol. The first kappa shape index (κ1) is 24.6. The van der Waals surface area contributed by atoms with Gasteiger partial charge in [0.1, 0.15) is 5.69 Å². The SMILES string of the molecule is O=[N+]([O-])c1ccc2c(c1)c(-c1nccc(-n3cc(CCOC4CCCCO4)cn3)n1)nn2C1CCCCO1. The number of rotatable bonds is 8. The minimum Gasteiger partial charge on any atom is -0.356 e. The zero-order chi connectivity index (χ0) is 25.9. The summed E-state index contributed by atoms with van der Waals surface area (Å²) in [6.45, 7) is 1.96. The van der Waals surface area contributed by atoms with Crippen LogP contribution < -0.4 is 0 Å². The number of nitrogens with zero attached hydrogens (tertiary/aromatic N) is 7. The summed E-state index contributed by atoms with van der Waals surface area (Å²) in [5.74, 6) is 0.928. The molecule has 38 heavy (non-hydrogen) atoms. The Morgan fingerprint density at radius 2 is 1.97 bits per heavy atom. The lowest BCUT2D eigenvalue weighted by Crippen LogP contribution is -2.23. The number of benzene rings is 1. The molecular formula is C26H29N7O5. The van der Waals surface area contributed by atoms with Gasteiger partial charge in [-0.1, -0.05) is 0 Å². The Labute approximate surface area is 218 Å². The largest absolute Gasteiger partial charge is 0.356 e. The summed E-state index contributed by atoms with van der Waals surface area (Å²) in [6.07, 6.45) is 11.7. The summed E-state index contributed by atoms with van der Waals surface area (Å²) < 4.78 is 20.9. The Hall–Kier alpha value is -3.74. The average Bonchev–Trinajstić information content (AvgIpc) is 3.59. The maximum atomic E-state index is 11.5. The van der Waals surface area contributed by atoms with Crippen molar-refractivity contribution in [3.8, 4) is 17.3 Å². The fourth-order valence-corrected chi connectivity index (χ4v) is 4.90. The van der Waals surface area contributed by atoms with E-state index in [0.717, 1.165) is 56.2 Å². The van der Waals surface area contributed by atoms with Gasteiger partial charge in [-0.25, -0.2) is 19.3 Å². The van der Waals surface area contributed by atoms with Gasteiger partial charge in [0.15, 0.2) is 24.2 Å². The molecule has 2 fully saturated rings. The van der Waals surface area contributed by atoms with Crippen LogP contribution in [0.2, 0.25) is 0 Å². The van der Waals surface area contributed by atoms with Crippen LogP contribution in [-0.2, 0) is 20.6 Å². The molecule has 2 saturated heterocycles. The number of ether oxygens (including phenoxy) is 3. The third-order valence-corrected chi connectivity index (χ3v) is 6.88. The summed E-state index contributed by atoms with van der Waals surface area (Å²) in [6, 6.07) is 6.49. The monoisotopic (exact) mass is 519 g/mol. The molecule has 5 heterocycles. The lowest BCUT2D eigenvalue weighted by Gasteiger charge is -2.23. The van der Waals surface area contributed by atoms with Crippen LogP contribution in [0.15, 0.2) is 42.9 Å². The van der Waals surface area contributed by atoms with Crippen LogP contribution >= 0.6 is 0 Å². The van der Waals surface area contributed by atoms with Gasteiger partial charge in [-0.3, -0.25) is 10.1 Å². The normalized spacial score (nSPS) is 20.1. The Bertz CT molecular complexity index is 1420. The van der Waals surface area contributed by atoms with Crippen LogP contribution in [0.4, 0.5) is 5.69 Å². The van der Waals surface area contributed by atoms with Gasteiger partial charge in [-0.2, -0.15) is 10.2 Å². The molecule has 2 unspecified atom stereocenters. The molecule has 1 aromatic carbocycles. The lowest BCUT2D eigenvalue weighted by atomic mass is 10.1. The number of nitro benzene ring substituents is 1. The molecule has 198 valence electrons. The third kappa shape index (κ3) is 5.15. The molecule has 6 rings (SSSR count). The second-order valence-electron chi connectivity index (χ2n) is 9.52. The maximum Gasteiger partial charge on any atom is 0.270 e. The van der Waals surface area contributed by atoms with Crippen molar-refractivity contribution in [2.45, 2.75) is 57.5 Å². The van der Waals surface area contributed by atoms with E-state index < -0.39 is 4.92 Å². The molecule has 2 aliphatic rings. The van der Waals surface area contributed by atoms with E-state index in [2.05, 4.69) is 10.1 Å². The quantitative estimate of drug-likeness (QED) is 0.246. The Morgan fingerprint density at radius 3 is 2.76 bits per heavy atom. The van der Waals surface area contributed by atoms with Crippen molar-refractivity contribution in [2.75, 3.05) is 19.8 Å². The fourth-order valence-electron chi connectivity index (χ4n) is 4.90. The zero-order valence-electron chi connectivity index (χ0n) is 20.9. The third-order valence-electron chi connectivity index (χ3n) is 6.88. The zero-order valence-corrected chi connectivity index (χ0v) is 20.9. The average molecular weight is 520 g/mol. The molecule has 2 atom stereocenters. The van der Waals surface area contributed by atoms with Crippen LogP contribution in [0.1, 0.15) is 50.3 Å². The van der Waals surface area contributed by atoms with Crippen LogP contribution in [0.3, 0.4) is 0 Å². The highest BCUT2D eigenvalue weighted by atomic mass is 16.7. The smallest absolute Gasteiger partial charge is 0.270 e. The number of non-ortho nitro benzene ring substituents is 1. The van der Waals surface area contributed by atoms with E-state index in [1.165, 1.54) is 12.1 Å². The van der Waals surface area contributed by atoms with Gasteiger partial charge < -0.3 is 14.2 Å². The van der Waals surface area contributed by atoms with Gasteiger partial charge in [-0.15, -0.1) is 0 Å².